The molecule has 8 heteroatoms. The number of amides is 1. The van der Waals surface area contributed by atoms with Crippen molar-refractivity contribution in [1.29, 1.82) is 0 Å². The summed E-state index contributed by atoms with van der Waals surface area (Å²) >= 11 is 0. The molecule has 29 heavy (non-hydrogen) atoms. The molecule has 1 aliphatic carbocycles. The van der Waals surface area contributed by atoms with Gasteiger partial charge < -0.3 is 10.1 Å². The quantitative estimate of drug-likeness (QED) is 0.668. The Bertz CT molecular complexity index is 981. The normalized spacial score (nSPS) is 13.9. The molecule has 1 saturated carbocycles. The minimum Gasteiger partial charge on any atom is -0.462 e. The predicted octanol–water partition coefficient (Wildman–Crippen LogP) is 2.58. The zero-order valence-electron chi connectivity index (χ0n) is 16.4. The number of carbonyl (C=O) groups excluding carboxylic acids is 2. The lowest BCUT2D eigenvalue weighted by Crippen LogP contribution is -2.27. The number of carbonyl (C=O) groups is 2. The molecule has 0 saturated heterocycles. The molecule has 0 heterocycles. The maximum Gasteiger partial charge on any atom is 0.338 e. The Hall–Kier alpha value is -2.71. The molecule has 154 valence electrons. The summed E-state index contributed by atoms with van der Waals surface area (Å²) in [5.74, 6) is -0.600. The number of sulfonamides is 1. The van der Waals surface area contributed by atoms with Crippen LogP contribution in [0.4, 0.5) is 0 Å². The van der Waals surface area contributed by atoms with E-state index in [1.54, 1.807) is 31.2 Å². The molecule has 0 spiro atoms. The number of esters is 1. The molecule has 7 nitrogen and oxygen atoms in total. The highest BCUT2D eigenvalue weighted by molar-refractivity contribution is 7.89. The van der Waals surface area contributed by atoms with Crippen LogP contribution in [-0.2, 0) is 21.3 Å². The highest BCUT2D eigenvalue weighted by atomic mass is 32.2. The first-order chi connectivity index (χ1) is 13.8. The first-order valence-corrected chi connectivity index (χ1v) is 10.9. The smallest absolute Gasteiger partial charge is 0.338 e. The minimum atomic E-state index is -3.72. The van der Waals surface area contributed by atoms with Crippen molar-refractivity contribution in [3.63, 3.8) is 0 Å². The van der Waals surface area contributed by atoms with Crippen molar-refractivity contribution >= 4 is 21.9 Å². The van der Waals surface area contributed by atoms with Crippen LogP contribution in [0.5, 0.6) is 0 Å². The Labute approximate surface area is 170 Å². The predicted molar refractivity (Wildman–Crippen MR) is 108 cm³/mol. The Morgan fingerprint density at radius 1 is 1.03 bits per heavy atom. The van der Waals surface area contributed by atoms with Crippen molar-refractivity contribution in [1.82, 2.24) is 9.62 Å². The van der Waals surface area contributed by atoms with E-state index in [-0.39, 0.29) is 30.0 Å². The van der Waals surface area contributed by atoms with Crippen LogP contribution in [0.1, 0.15) is 46.0 Å². The summed E-state index contributed by atoms with van der Waals surface area (Å²) in [7, 11) is -2.24. The van der Waals surface area contributed by atoms with E-state index in [0.29, 0.717) is 11.1 Å². The zero-order valence-corrected chi connectivity index (χ0v) is 17.2. The first-order valence-electron chi connectivity index (χ1n) is 9.44. The maximum atomic E-state index is 12.8. The van der Waals surface area contributed by atoms with Gasteiger partial charge in [0.25, 0.3) is 5.91 Å². The number of benzene rings is 2. The average molecular weight is 416 g/mol. The molecule has 0 atom stereocenters. The van der Waals surface area contributed by atoms with Gasteiger partial charge >= 0.3 is 5.97 Å². The fourth-order valence-corrected chi connectivity index (χ4v) is 3.92. The van der Waals surface area contributed by atoms with Crippen molar-refractivity contribution in [2.75, 3.05) is 13.7 Å². The lowest BCUT2D eigenvalue weighted by Gasteiger charge is -2.17. The molecule has 2 aromatic rings. The van der Waals surface area contributed by atoms with Crippen LogP contribution in [0.15, 0.2) is 53.4 Å². The molecule has 1 aliphatic rings. The maximum absolute atomic E-state index is 12.8. The van der Waals surface area contributed by atoms with Gasteiger partial charge in [-0.15, -0.1) is 0 Å². The van der Waals surface area contributed by atoms with E-state index in [4.69, 9.17) is 4.74 Å². The summed E-state index contributed by atoms with van der Waals surface area (Å²) in [4.78, 5) is 23.8. The highest BCUT2D eigenvalue weighted by Gasteiger charge is 2.24. The third-order valence-corrected chi connectivity index (χ3v) is 6.43. The molecular formula is C21H24N2O5S. The van der Waals surface area contributed by atoms with Crippen molar-refractivity contribution in [2.24, 2.45) is 0 Å². The third kappa shape index (κ3) is 5.21. The molecule has 2 aromatic carbocycles. The lowest BCUT2D eigenvalue weighted by atomic mass is 10.1. The average Bonchev–Trinajstić information content (AvgIpc) is 3.52. The fourth-order valence-electron chi connectivity index (χ4n) is 2.76. The Morgan fingerprint density at radius 2 is 1.62 bits per heavy atom. The van der Waals surface area contributed by atoms with Crippen LogP contribution in [-0.4, -0.2) is 44.3 Å². The molecule has 1 amide bonds. The lowest BCUT2D eigenvalue weighted by molar-refractivity contribution is 0.0526. The third-order valence-electron chi connectivity index (χ3n) is 4.61. The van der Waals surface area contributed by atoms with Crippen LogP contribution >= 0.6 is 0 Å². The Kier molecular flexibility index (Phi) is 6.34. The van der Waals surface area contributed by atoms with Crippen LogP contribution < -0.4 is 5.32 Å². The second kappa shape index (κ2) is 8.75. The SMILES string of the molecule is CCOC(=O)c1ccc(S(=O)(=O)N(C)Cc2ccc(C(=O)NC3CC3)cc2)cc1. The second-order valence-electron chi connectivity index (χ2n) is 6.95. The zero-order chi connectivity index (χ0) is 21.0. The highest BCUT2D eigenvalue weighted by Crippen LogP contribution is 2.20. The van der Waals surface area contributed by atoms with E-state index < -0.39 is 16.0 Å². The summed E-state index contributed by atoms with van der Waals surface area (Å²) in [6.45, 7) is 2.12. The van der Waals surface area contributed by atoms with Gasteiger partial charge in [-0.3, -0.25) is 4.79 Å². The summed E-state index contributed by atoms with van der Waals surface area (Å²) < 4.78 is 31.7. The molecule has 3 rings (SSSR count). The van der Waals surface area contributed by atoms with Gasteiger partial charge in [-0.1, -0.05) is 12.1 Å². The van der Waals surface area contributed by atoms with E-state index in [0.717, 1.165) is 18.4 Å². The van der Waals surface area contributed by atoms with Crippen molar-refractivity contribution < 1.29 is 22.7 Å². The van der Waals surface area contributed by atoms with Gasteiger partial charge in [-0.25, -0.2) is 13.2 Å². The molecule has 0 bridgehead atoms. The second-order valence-corrected chi connectivity index (χ2v) is 9.00. The van der Waals surface area contributed by atoms with Crippen LogP contribution in [0, 0.1) is 0 Å². The van der Waals surface area contributed by atoms with Gasteiger partial charge in [0.15, 0.2) is 0 Å². The number of hydrogen-bond donors (Lipinski definition) is 1. The van der Waals surface area contributed by atoms with Crippen molar-refractivity contribution in [2.45, 2.75) is 37.2 Å². The summed E-state index contributed by atoms with van der Waals surface area (Å²) in [6, 6.07) is 12.8. The van der Waals surface area contributed by atoms with Crippen LogP contribution in [0.3, 0.4) is 0 Å². The molecule has 0 aliphatic heterocycles. The van der Waals surface area contributed by atoms with Gasteiger partial charge in [-0.05, 0) is 61.7 Å². The Balaban J connectivity index is 1.66. The van der Waals surface area contributed by atoms with Gasteiger partial charge in [0.05, 0.1) is 17.1 Å². The molecule has 1 fully saturated rings. The molecule has 0 unspecified atom stereocenters. The van der Waals surface area contributed by atoms with Gasteiger partial charge in [0, 0.05) is 25.2 Å². The first kappa shape index (κ1) is 21.0. The summed E-state index contributed by atoms with van der Waals surface area (Å²) in [5, 5.41) is 2.92. The largest absolute Gasteiger partial charge is 0.462 e. The standard InChI is InChI=1S/C21H24N2O5S/c1-3-28-21(25)17-8-12-19(13-9-17)29(26,27)23(2)14-15-4-6-16(7-5-15)20(24)22-18-10-11-18/h4-9,12-13,18H,3,10-11,14H2,1-2H3,(H,22,24). The van der Waals surface area contributed by atoms with Crippen molar-refractivity contribution in [3.05, 3.63) is 65.2 Å². The van der Waals surface area contributed by atoms with Gasteiger partial charge in [0.2, 0.25) is 10.0 Å². The number of ether oxygens (including phenoxy) is 1. The van der Waals surface area contributed by atoms with Crippen LogP contribution in [0.25, 0.3) is 0 Å². The molecular weight excluding hydrogens is 392 g/mol. The Morgan fingerprint density at radius 3 is 2.17 bits per heavy atom. The van der Waals surface area contributed by atoms with Crippen LogP contribution in [0.2, 0.25) is 0 Å². The van der Waals surface area contributed by atoms with Crippen molar-refractivity contribution in [3.8, 4) is 0 Å². The van der Waals surface area contributed by atoms with E-state index in [1.807, 2.05) is 0 Å². The monoisotopic (exact) mass is 416 g/mol. The summed E-state index contributed by atoms with van der Waals surface area (Å²) in [5.41, 5.74) is 1.62. The number of nitrogens with one attached hydrogen (secondary N) is 1. The molecule has 1 N–H and O–H groups in total. The number of rotatable bonds is 8. The number of nitrogens with zero attached hydrogens (tertiary/aromatic N) is 1. The van der Waals surface area contributed by atoms with E-state index in [2.05, 4.69) is 5.32 Å². The minimum absolute atomic E-state index is 0.0912. The van der Waals surface area contributed by atoms with Gasteiger partial charge in [-0.2, -0.15) is 4.31 Å². The van der Waals surface area contributed by atoms with E-state index in [9.17, 15) is 18.0 Å². The van der Waals surface area contributed by atoms with E-state index in [1.165, 1.54) is 35.6 Å². The molecule has 0 aromatic heterocycles. The van der Waals surface area contributed by atoms with Gasteiger partial charge in [0.1, 0.15) is 0 Å². The molecule has 0 radical (unpaired) electrons. The topological polar surface area (TPSA) is 92.8 Å². The number of hydrogen-bond acceptors (Lipinski definition) is 5. The van der Waals surface area contributed by atoms with E-state index >= 15 is 0 Å². The fraction of sp³-hybridized carbons (Fsp3) is 0.333. The summed E-state index contributed by atoms with van der Waals surface area (Å²) in [6.07, 6.45) is 2.04.